The van der Waals surface area contributed by atoms with Crippen LogP contribution in [0, 0.1) is 16.7 Å². The van der Waals surface area contributed by atoms with E-state index in [1.807, 2.05) is 6.08 Å². The van der Waals surface area contributed by atoms with E-state index in [9.17, 15) is 4.79 Å². The zero-order valence-corrected chi connectivity index (χ0v) is 14.0. The van der Waals surface area contributed by atoms with Crippen LogP contribution in [0.25, 0.3) is 0 Å². The van der Waals surface area contributed by atoms with Crippen molar-refractivity contribution in [2.24, 2.45) is 22.5 Å². The third kappa shape index (κ3) is 6.21. The number of nitrogens with two attached hydrogens (primary N) is 1. The predicted octanol–water partition coefficient (Wildman–Crippen LogP) is 4.37. The van der Waals surface area contributed by atoms with Crippen LogP contribution >= 0.6 is 0 Å². The van der Waals surface area contributed by atoms with E-state index >= 15 is 0 Å². The van der Waals surface area contributed by atoms with E-state index in [1.54, 1.807) is 0 Å². The molecule has 3 N–H and O–H groups in total. The Bertz CT molecular complexity index is 347. The van der Waals surface area contributed by atoms with Crippen molar-refractivity contribution >= 4 is 5.97 Å². The molecule has 1 fully saturated rings. The summed E-state index contributed by atoms with van der Waals surface area (Å²) in [5, 5.41) is 8.65. The van der Waals surface area contributed by atoms with Crippen LogP contribution in [-0.4, -0.2) is 17.6 Å². The average molecular weight is 295 g/mol. The monoisotopic (exact) mass is 295 g/mol. The molecule has 0 amide bonds. The Morgan fingerprint density at radius 2 is 1.90 bits per heavy atom. The van der Waals surface area contributed by atoms with Gasteiger partial charge in [-0.05, 0) is 68.2 Å². The van der Waals surface area contributed by atoms with Crippen molar-refractivity contribution < 1.29 is 9.90 Å². The third-order valence-corrected chi connectivity index (χ3v) is 5.19. The minimum absolute atomic E-state index is 0.229. The summed E-state index contributed by atoms with van der Waals surface area (Å²) >= 11 is 0. The van der Waals surface area contributed by atoms with E-state index < -0.39 is 5.97 Å². The first-order chi connectivity index (χ1) is 9.79. The largest absolute Gasteiger partial charge is 0.481 e. The Balaban J connectivity index is 2.51. The highest BCUT2D eigenvalue weighted by atomic mass is 16.4. The fourth-order valence-electron chi connectivity index (χ4n) is 3.62. The zero-order chi connectivity index (χ0) is 15.9. The summed E-state index contributed by atoms with van der Waals surface area (Å²) in [6, 6.07) is 0. The van der Waals surface area contributed by atoms with Crippen molar-refractivity contribution in [1.29, 1.82) is 0 Å². The van der Waals surface area contributed by atoms with E-state index in [4.69, 9.17) is 10.8 Å². The SMILES string of the molecule is CC(C)(C)C1CCC(CC=CCCC(=O)O)(CCN)CC1. The Labute approximate surface area is 130 Å². The number of carboxylic acids is 1. The van der Waals surface area contributed by atoms with Gasteiger partial charge in [0.25, 0.3) is 0 Å². The Hall–Kier alpha value is -0.830. The van der Waals surface area contributed by atoms with Crippen LogP contribution in [0.4, 0.5) is 0 Å². The number of rotatable bonds is 7. The molecule has 1 aliphatic rings. The lowest BCUT2D eigenvalue weighted by Gasteiger charge is -2.44. The Morgan fingerprint density at radius 3 is 2.38 bits per heavy atom. The maximum absolute atomic E-state index is 10.5. The van der Waals surface area contributed by atoms with Gasteiger partial charge in [-0.1, -0.05) is 32.9 Å². The van der Waals surface area contributed by atoms with Gasteiger partial charge in [0, 0.05) is 6.42 Å². The number of hydrogen-bond acceptors (Lipinski definition) is 2. The van der Waals surface area contributed by atoms with Crippen molar-refractivity contribution in [3.8, 4) is 0 Å². The van der Waals surface area contributed by atoms with E-state index in [1.165, 1.54) is 25.7 Å². The molecule has 0 aromatic rings. The maximum Gasteiger partial charge on any atom is 0.303 e. The summed E-state index contributed by atoms with van der Waals surface area (Å²) in [6.07, 6.45) is 12.3. The Morgan fingerprint density at radius 1 is 1.29 bits per heavy atom. The minimum atomic E-state index is -0.720. The number of carboxylic acid groups (broad SMARTS) is 1. The molecule has 1 rings (SSSR count). The highest BCUT2D eigenvalue weighted by Gasteiger charge is 2.37. The third-order valence-electron chi connectivity index (χ3n) is 5.19. The molecule has 0 spiro atoms. The van der Waals surface area contributed by atoms with Gasteiger partial charge in [-0.2, -0.15) is 0 Å². The molecular formula is C18H33NO2. The van der Waals surface area contributed by atoms with Gasteiger partial charge in [0.1, 0.15) is 0 Å². The zero-order valence-electron chi connectivity index (χ0n) is 14.0. The summed E-state index contributed by atoms with van der Waals surface area (Å²) < 4.78 is 0. The fraction of sp³-hybridized carbons (Fsp3) is 0.833. The van der Waals surface area contributed by atoms with Gasteiger partial charge < -0.3 is 10.8 Å². The lowest BCUT2D eigenvalue weighted by Crippen LogP contribution is -2.33. The van der Waals surface area contributed by atoms with Crippen molar-refractivity contribution in [1.82, 2.24) is 0 Å². The van der Waals surface area contributed by atoms with Crippen LogP contribution in [0.2, 0.25) is 0 Å². The van der Waals surface area contributed by atoms with Gasteiger partial charge in [0.05, 0.1) is 0 Å². The lowest BCUT2D eigenvalue weighted by atomic mass is 9.62. The molecule has 0 aromatic carbocycles. The van der Waals surface area contributed by atoms with Crippen molar-refractivity contribution in [3.63, 3.8) is 0 Å². The van der Waals surface area contributed by atoms with E-state index in [2.05, 4.69) is 26.8 Å². The molecule has 1 saturated carbocycles. The number of allylic oxidation sites excluding steroid dienone is 2. The maximum atomic E-state index is 10.5. The second kappa shape index (κ2) is 7.98. The molecule has 0 saturated heterocycles. The fourth-order valence-corrected chi connectivity index (χ4v) is 3.62. The second-order valence-electron chi connectivity index (χ2n) is 7.79. The molecule has 0 bridgehead atoms. The van der Waals surface area contributed by atoms with Crippen LogP contribution in [-0.2, 0) is 4.79 Å². The first kappa shape index (κ1) is 18.2. The summed E-state index contributed by atoms with van der Waals surface area (Å²) in [5.74, 6) is 0.0985. The van der Waals surface area contributed by atoms with Gasteiger partial charge in [-0.3, -0.25) is 4.79 Å². The molecule has 0 aromatic heterocycles. The number of aliphatic carboxylic acids is 1. The van der Waals surface area contributed by atoms with E-state index in [0.29, 0.717) is 17.3 Å². The molecule has 3 heteroatoms. The van der Waals surface area contributed by atoms with Gasteiger partial charge >= 0.3 is 5.97 Å². The average Bonchev–Trinajstić information content (AvgIpc) is 2.38. The highest BCUT2D eigenvalue weighted by molar-refractivity contribution is 5.66. The quantitative estimate of drug-likeness (QED) is 0.685. The van der Waals surface area contributed by atoms with Crippen LogP contribution in [0.1, 0.15) is 72.1 Å². The molecule has 3 nitrogen and oxygen atoms in total. The topological polar surface area (TPSA) is 63.3 Å². The summed E-state index contributed by atoms with van der Waals surface area (Å²) in [5.41, 5.74) is 6.60. The van der Waals surface area contributed by atoms with Crippen LogP contribution < -0.4 is 5.73 Å². The van der Waals surface area contributed by atoms with E-state index in [-0.39, 0.29) is 6.42 Å². The Kier molecular flexibility index (Phi) is 6.92. The summed E-state index contributed by atoms with van der Waals surface area (Å²) in [4.78, 5) is 10.5. The predicted molar refractivity (Wildman–Crippen MR) is 88.1 cm³/mol. The molecule has 21 heavy (non-hydrogen) atoms. The highest BCUT2D eigenvalue weighted by Crippen LogP contribution is 2.48. The number of carbonyl (C=O) groups is 1. The molecule has 122 valence electrons. The van der Waals surface area contributed by atoms with Crippen LogP contribution in [0.5, 0.6) is 0 Å². The molecule has 0 atom stereocenters. The standard InChI is InChI=1S/C18H33NO2/c1-17(2,3)15-8-11-18(12-9-15,13-14-19)10-6-4-5-7-16(20)21/h4,6,15H,5,7-14,19H2,1-3H3,(H,20,21). The van der Waals surface area contributed by atoms with Crippen LogP contribution in [0.15, 0.2) is 12.2 Å². The van der Waals surface area contributed by atoms with Gasteiger partial charge in [0.2, 0.25) is 0 Å². The molecular weight excluding hydrogens is 262 g/mol. The van der Waals surface area contributed by atoms with E-state index in [0.717, 1.165) is 25.3 Å². The molecule has 0 aliphatic heterocycles. The van der Waals surface area contributed by atoms with Crippen molar-refractivity contribution in [2.75, 3.05) is 6.54 Å². The van der Waals surface area contributed by atoms with Gasteiger partial charge in [-0.15, -0.1) is 0 Å². The smallest absolute Gasteiger partial charge is 0.303 e. The normalized spacial score (nSPS) is 27.1. The first-order valence-corrected chi connectivity index (χ1v) is 8.36. The van der Waals surface area contributed by atoms with Crippen LogP contribution in [0.3, 0.4) is 0 Å². The van der Waals surface area contributed by atoms with Crippen molar-refractivity contribution in [3.05, 3.63) is 12.2 Å². The second-order valence-corrected chi connectivity index (χ2v) is 7.79. The summed E-state index contributed by atoms with van der Waals surface area (Å²) in [7, 11) is 0. The van der Waals surface area contributed by atoms with Gasteiger partial charge in [0.15, 0.2) is 0 Å². The molecule has 0 unspecified atom stereocenters. The molecule has 0 radical (unpaired) electrons. The molecule has 0 heterocycles. The summed E-state index contributed by atoms with van der Waals surface area (Å²) in [6.45, 7) is 7.79. The van der Waals surface area contributed by atoms with Crippen molar-refractivity contribution in [2.45, 2.75) is 72.1 Å². The minimum Gasteiger partial charge on any atom is -0.481 e. The molecule has 1 aliphatic carbocycles. The lowest BCUT2D eigenvalue weighted by molar-refractivity contribution is -0.136. The number of hydrogen-bond donors (Lipinski definition) is 2. The van der Waals surface area contributed by atoms with Gasteiger partial charge in [-0.25, -0.2) is 0 Å². The first-order valence-electron chi connectivity index (χ1n) is 8.36.